The minimum absolute atomic E-state index is 0.0484. The molecule has 3 aromatic rings. The van der Waals surface area contributed by atoms with Crippen LogP contribution in [0.2, 0.25) is 0 Å². The molecule has 2 fully saturated rings. The zero-order valence-electron chi connectivity index (χ0n) is 17.0. The fourth-order valence-electron chi connectivity index (χ4n) is 5.06. The van der Waals surface area contributed by atoms with Crippen LogP contribution < -0.4 is 5.32 Å². The number of fused-ring (bicyclic) bond motifs is 2. The molecule has 0 spiro atoms. The Morgan fingerprint density at radius 3 is 2.73 bits per heavy atom. The number of aryl methyl sites for hydroxylation is 1. The maximum absolute atomic E-state index is 13.4. The maximum atomic E-state index is 13.4. The van der Waals surface area contributed by atoms with Crippen molar-refractivity contribution in [2.45, 2.75) is 51.1 Å². The van der Waals surface area contributed by atoms with Gasteiger partial charge in [0.05, 0.1) is 0 Å². The first-order valence-corrected chi connectivity index (χ1v) is 10.7. The van der Waals surface area contributed by atoms with Crippen molar-refractivity contribution in [3.05, 3.63) is 60.0 Å². The van der Waals surface area contributed by atoms with E-state index < -0.39 is 6.04 Å². The Labute approximate surface area is 175 Å². The minimum atomic E-state index is -0.458. The van der Waals surface area contributed by atoms with E-state index in [0.717, 1.165) is 25.7 Å². The number of rotatable bonds is 3. The summed E-state index contributed by atoms with van der Waals surface area (Å²) in [6.45, 7) is 1.80. The van der Waals surface area contributed by atoms with Crippen LogP contribution in [0.25, 0.3) is 11.1 Å². The first kappa shape index (κ1) is 18.9. The molecule has 2 aromatic carbocycles. The third kappa shape index (κ3) is 3.36. The molecule has 0 bridgehead atoms. The molecule has 6 heteroatoms. The lowest BCUT2D eigenvalue weighted by Crippen LogP contribution is -2.47. The number of aromatic nitrogens is 1. The van der Waals surface area contributed by atoms with Gasteiger partial charge in [-0.3, -0.25) is 9.59 Å². The molecule has 6 nitrogen and oxygen atoms in total. The molecule has 1 N–H and O–H groups in total. The highest BCUT2D eigenvalue weighted by Crippen LogP contribution is 2.41. The monoisotopic (exact) mass is 403 g/mol. The van der Waals surface area contributed by atoms with Gasteiger partial charge >= 0.3 is 0 Å². The van der Waals surface area contributed by atoms with E-state index in [1.165, 1.54) is 6.42 Å². The fraction of sp³-hybridized carbons (Fsp3) is 0.375. The van der Waals surface area contributed by atoms with Crippen molar-refractivity contribution >= 4 is 28.6 Å². The van der Waals surface area contributed by atoms with Gasteiger partial charge in [0.2, 0.25) is 5.91 Å². The van der Waals surface area contributed by atoms with E-state index in [9.17, 15) is 9.59 Å². The van der Waals surface area contributed by atoms with Gasteiger partial charge in [0.1, 0.15) is 11.6 Å². The van der Waals surface area contributed by atoms with Crippen LogP contribution in [-0.2, 0) is 4.79 Å². The number of benzene rings is 2. The van der Waals surface area contributed by atoms with Gasteiger partial charge in [-0.15, -0.1) is 0 Å². The quantitative estimate of drug-likeness (QED) is 0.696. The van der Waals surface area contributed by atoms with Crippen LogP contribution in [0.15, 0.2) is 52.9 Å². The highest BCUT2D eigenvalue weighted by molar-refractivity contribution is 6.02. The predicted molar refractivity (Wildman–Crippen MR) is 114 cm³/mol. The Bertz CT molecular complexity index is 1090. The molecular weight excluding hydrogens is 378 g/mol. The average molecular weight is 403 g/mol. The summed E-state index contributed by atoms with van der Waals surface area (Å²) in [6.07, 6.45) is 5.05. The van der Waals surface area contributed by atoms with Gasteiger partial charge < -0.3 is 14.6 Å². The second kappa shape index (κ2) is 7.59. The van der Waals surface area contributed by atoms with Crippen molar-refractivity contribution in [3.63, 3.8) is 0 Å². The SMILES string of the molecule is Cc1nc2cc(NC(=O)C3CC4CCCCC4N3C(=O)c3ccccc3)ccc2o1. The minimum Gasteiger partial charge on any atom is -0.441 e. The van der Waals surface area contributed by atoms with E-state index in [4.69, 9.17) is 4.42 Å². The number of carbonyl (C=O) groups excluding carboxylic acids is 2. The zero-order valence-corrected chi connectivity index (χ0v) is 17.0. The van der Waals surface area contributed by atoms with Crippen LogP contribution in [-0.4, -0.2) is 33.8 Å². The first-order valence-electron chi connectivity index (χ1n) is 10.7. The standard InChI is InChI=1S/C24H25N3O3/c1-15-25-19-14-18(11-12-22(19)30-15)26-23(28)21-13-17-9-5-6-10-20(17)27(21)24(29)16-7-3-2-4-8-16/h2-4,7-8,11-12,14,17,20-21H,5-6,9-10,13H2,1H3,(H,26,28). The molecule has 5 rings (SSSR count). The van der Waals surface area contributed by atoms with Crippen molar-refractivity contribution in [2.24, 2.45) is 5.92 Å². The lowest BCUT2D eigenvalue weighted by molar-refractivity contribution is -0.120. The Kier molecular flexibility index (Phi) is 4.77. The zero-order chi connectivity index (χ0) is 20.7. The smallest absolute Gasteiger partial charge is 0.254 e. The molecular formula is C24H25N3O3. The highest BCUT2D eigenvalue weighted by atomic mass is 16.3. The Balaban J connectivity index is 1.42. The van der Waals surface area contributed by atoms with Crippen LogP contribution in [0, 0.1) is 12.8 Å². The largest absolute Gasteiger partial charge is 0.441 e. The third-order valence-corrected chi connectivity index (χ3v) is 6.41. The number of likely N-dealkylation sites (tertiary alicyclic amines) is 1. The van der Waals surface area contributed by atoms with Crippen LogP contribution in [0.5, 0.6) is 0 Å². The van der Waals surface area contributed by atoms with Gasteiger partial charge in [-0.05, 0) is 55.5 Å². The van der Waals surface area contributed by atoms with Crippen molar-refractivity contribution in [2.75, 3.05) is 5.32 Å². The molecule has 2 aliphatic rings. The lowest BCUT2D eigenvalue weighted by atomic mass is 9.84. The third-order valence-electron chi connectivity index (χ3n) is 6.41. The Morgan fingerprint density at radius 1 is 1.10 bits per heavy atom. The normalized spacial score (nSPS) is 23.4. The number of hydrogen-bond donors (Lipinski definition) is 1. The van der Waals surface area contributed by atoms with E-state index in [1.807, 2.05) is 53.4 Å². The Hall–Kier alpha value is -3.15. The van der Waals surface area contributed by atoms with E-state index in [0.29, 0.717) is 34.2 Å². The average Bonchev–Trinajstić information content (AvgIpc) is 3.33. The number of hydrogen-bond acceptors (Lipinski definition) is 4. The van der Waals surface area contributed by atoms with Crippen LogP contribution in [0.1, 0.15) is 48.4 Å². The summed E-state index contributed by atoms with van der Waals surface area (Å²) in [5.74, 6) is 0.803. The van der Waals surface area contributed by atoms with Crippen molar-refractivity contribution in [3.8, 4) is 0 Å². The first-order chi connectivity index (χ1) is 14.6. The molecule has 1 aromatic heterocycles. The number of oxazole rings is 1. The van der Waals surface area contributed by atoms with Crippen LogP contribution in [0.4, 0.5) is 5.69 Å². The highest BCUT2D eigenvalue weighted by Gasteiger charge is 2.47. The Morgan fingerprint density at radius 2 is 1.90 bits per heavy atom. The van der Waals surface area contributed by atoms with Gasteiger partial charge in [-0.1, -0.05) is 31.0 Å². The van der Waals surface area contributed by atoms with Gasteiger partial charge in [0.15, 0.2) is 11.5 Å². The molecule has 2 heterocycles. The summed E-state index contributed by atoms with van der Waals surface area (Å²) in [7, 11) is 0. The number of nitrogens with zero attached hydrogens (tertiary/aromatic N) is 2. The number of amides is 2. The summed E-state index contributed by atoms with van der Waals surface area (Å²) in [6, 6.07) is 14.4. The van der Waals surface area contributed by atoms with E-state index in [2.05, 4.69) is 10.3 Å². The second-order valence-electron chi connectivity index (χ2n) is 8.35. The predicted octanol–water partition coefficient (Wildman–Crippen LogP) is 4.55. The van der Waals surface area contributed by atoms with E-state index in [-0.39, 0.29) is 17.9 Å². The molecule has 1 saturated carbocycles. The molecule has 2 amide bonds. The molecule has 3 atom stereocenters. The topological polar surface area (TPSA) is 75.4 Å². The molecule has 1 aliphatic carbocycles. The van der Waals surface area contributed by atoms with Gasteiger partial charge in [0, 0.05) is 24.2 Å². The lowest BCUT2D eigenvalue weighted by Gasteiger charge is -2.33. The van der Waals surface area contributed by atoms with Crippen LogP contribution >= 0.6 is 0 Å². The summed E-state index contributed by atoms with van der Waals surface area (Å²) in [4.78, 5) is 32.9. The molecule has 30 heavy (non-hydrogen) atoms. The van der Waals surface area contributed by atoms with E-state index >= 15 is 0 Å². The van der Waals surface area contributed by atoms with Crippen molar-refractivity contribution in [1.82, 2.24) is 9.88 Å². The summed E-state index contributed by atoms with van der Waals surface area (Å²) < 4.78 is 5.51. The molecule has 3 unspecified atom stereocenters. The van der Waals surface area contributed by atoms with Gasteiger partial charge in [-0.25, -0.2) is 4.98 Å². The number of nitrogens with one attached hydrogen (secondary N) is 1. The summed E-state index contributed by atoms with van der Waals surface area (Å²) >= 11 is 0. The van der Waals surface area contributed by atoms with Gasteiger partial charge in [-0.2, -0.15) is 0 Å². The number of anilines is 1. The molecule has 1 saturated heterocycles. The molecule has 1 aliphatic heterocycles. The molecule has 0 radical (unpaired) electrons. The number of carbonyl (C=O) groups is 2. The summed E-state index contributed by atoms with van der Waals surface area (Å²) in [5.41, 5.74) is 2.71. The van der Waals surface area contributed by atoms with Gasteiger partial charge in [0.25, 0.3) is 5.91 Å². The van der Waals surface area contributed by atoms with Crippen molar-refractivity contribution < 1.29 is 14.0 Å². The van der Waals surface area contributed by atoms with E-state index in [1.54, 1.807) is 6.92 Å². The van der Waals surface area contributed by atoms with Crippen molar-refractivity contribution in [1.29, 1.82) is 0 Å². The second-order valence-corrected chi connectivity index (χ2v) is 8.35. The maximum Gasteiger partial charge on any atom is 0.254 e. The van der Waals surface area contributed by atoms with Crippen LogP contribution in [0.3, 0.4) is 0 Å². The molecule has 154 valence electrons. The summed E-state index contributed by atoms with van der Waals surface area (Å²) in [5, 5.41) is 3.02. The fourth-order valence-corrected chi connectivity index (χ4v) is 5.06.